The molecule has 1 aromatic heterocycles. The van der Waals surface area contributed by atoms with Gasteiger partial charge in [-0.25, -0.2) is 4.98 Å². The van der Waals surface area contributed by atoms with E-state index in [-0.39, 0.29) is 12.0 Å². The van der Waals surface area contributed by atoms with Crippen molar-refractivity contribution in [3.05, 3.63) is 71.2 Å². The number of carbonyl (C=O) groups is 1. The molecule has 3 heterocycles. The van der Waals surface area contributed by atoms with Gasteiger partial charge < -0.3 is 14.4 Å². The number of hydrogen-bond donors (Lipinski definition) is 0. The van der Waals surface area contributed by atoms with E-state index in [1.54, 1.807) is 11.3 Å². The molecule has 0 radical (unpaired) electrons. The van der Waals surface area contributed by atoms with Gasteiger partial charge in [0.05, 0.1) is 11.8 Å². The van der Waals surface area contributed by atoms with Crippen molar-refractivity contribution in [3.8, 4) is 16.3 Å². The topological polar surface area (TPSA) is 54.9 Å². The van der Waals surface area contributed by atoms with Crippen LogP contribution in [0.4, 0.5) is 0 Å². The van der Waals surface area contributed by atoms with E-state index >= 15 is 0 Å². The summed E-state index contributed by atoms with van der Waals surface area (Å²) in [6, 6.07) is 17.8. The second-order valence-corrected chi connectivity index (χ2v) is 9.41. The van der Waals surface area contributed by atoms with Crippen molar-refractivity contribution in [3.63, 3.8) is 0 Å². The minimum absolute atomic E-state index is 0.0837. The summed E-state index contributed by atoms with van der Waals surface area (Å²) < 4.78 is 11.4. The van der Waals surface area contributed by atoms with Crippen LogP contribution in [0.2, 0.25) is 0 Å². The first kappa shape index (κ1) is 22.1. The first-order valence-electron chi connectivity index (χ1n) is 11.6. The van der Waals surface area contributed by atoms with Crippen LogP contribution in [-0.4, -0.2) is 66.2 Å². The molecule has 172 valence electrons. The van der Waals surface area contributed by atoms with E-state index in [2.05, 4.69) is 22.4 Å². The predicted molar refractivity (Wildman–Crippen MR) is 130 cm³/mol. The molecular formula is C26H29N3O3S. The Hall–Kier alpha value is -2.74. The zero-order valence-corrected chi connectivity index (χ0v) is 19.5. The van der Waals surface area contributed by atoms with Crippen LogP contribution in [0.5, 0.6) is 5.75 Å². The molecule has 7 heteroatoms. The van der Waals surface area contributed by atoms with Crippen LogP contribution < -0.4 is 4.74 Å². The number of hydrogen-bond acceptors (Lipinski definition) is 6. The second-order valence-electron chi connectivity index (χ2n) is 8.55. The largest absolute Gasteiger partial charge is 0.491 e. The third kappa shape index (κ3) is 5.61. The van der Waals surface area contributed by atoms with Gasteiger partial charge in [0.25, 0.3) is 5.91 Å². The molecule has 0 N–H and O–H groups in total. The monoisotopic (exact) mass is 463 g/mol. The first-order valence-corrected chi connectivity index (χ1v) is 12.5. The normalized spacial score (nSPS) is 19.0. The van der Waals surface area contributed by atoms with Gasteiger partial charge >= 0.3 is 0 Å². The molecule has 2 aromatic carbocycles. The van der Waals surface area contributed by atoms with Gasteiger partial charge in [-0.05, 0) is 37.1 Å². The van der Waals surface area contributed by atoms with Gasteiger partial charge in [0, 0.05) is 55.8 Å². The summed E-state index contributed by atoms with van der Waals surface area (Å²) in [7, 11) is 0. The van der Waals surface area contributed by atoms with E-state index in [1.165, 1.54) is 0 Å². The summed E-state index contributed by atoms with van der Waals surface area (Å²) in [6.07, 6.45) is 2.35. The van der Waals surface area contributed by atoms with Crippen molar-refractivity contribution in [2.45, 2.75) is 25.5 Å². The van der Waals surface area contributed by atoms with Crippen molar-refractivity contribution in [1.29, 1.82) is 0 Å². The lowest BCUT2D eigenvalue weighted by molar-refractivity contribution is 0.0626. The number of benzene rings is 2. The lowest BCUT2D eigenvalue weighted by Crippen LogP contribution is -2.48. The van der Waals surface area contributed by atoms with Crippen molar-refractivity contribution in [1.82, 2.24) is 14.8 Å². The molecule has 2 aliphatic rings. The van der Waals surface area contributed by atoms with Crippen LogP contribution in [0.25, 0.3) is 10.6 Å². The van der Waals surface area contributed by atoms with Crippen molar-refractivity contribution < 1.29 is 14.3 Å². The molecular weight excluding hydrogens is 434 g/mol. The number of piperazine rings is 1. The van der Waals surface area contributed by atoms with E-state index in [4.69, 9.17) is 14.5 Å². The molecule has 1 amide bonds. The van der Waals surface area contributed by atoms with Crippen LogP contribution in [0, 0.1) is 0 Å². The fraction of sp³-hybridized carbons (Fsp3) is 0.385. The molecule has 2 fully saturated rings. The van der Waals surface area contributed by atoms with Crippen molar-refractivity contribution >= 4 is 17.2 Å². The standard InChI is InChI=1S/C26H29N3O3S/c30-26(21-8-10-23(11-9-21)32-18-24-7-4-16-31-24)29-14-12-28(13-15-29)17-22-19-33-25(27-22)20-5-2-1-3-6-20/h1-3,5-6,8-11,19,24H,4,7,12-18H2. The molecule has 2 saturated heterocycles. The first-order chi connectivity index (χ1) is 16.2. The summed E-state index contributed by atoms with van der Waals surface area (Å²) >= 11 is 1.69. The Labute approximate surface area is 198 Å². The highest BCUT2D eigenvalue weighted by Gasteiger charge is 2.23. The average molecular weight is 464 g/mol. The number of nitrogens with zero attached hydrogens (tertiary/aromatic N) is 3. The fourth-order valence-corrected chi connectivity index (χ4v) is 5.09. The smallest absolute Gasteiger partial charge is 0.253 e. The Morgan fingerprint density at radius 3 is 2.58 bits per heavy atom. The highest BCUT2D eigenvalue weighted by molar-refractivity contribution is 7.13. The number of ether oxygens (including phenoxy) is 2. The van der Waals surface area contributed by atoms with Gasteiger partial charge in [-0.2, -0.15) is 0 Å². The molecule has 0 aliphatic carbocycles. The van der Waals surface area contributed by atoms with Gasteiger partial charge in [0.2, 0.25) is 0 Å². The Morgan fingerprint density at radius 2 is 1.85 bits per heavy atom. The van der Waals surface area contributed by atoms with E-state index in [0.29, 0.717) is 12.2 Å². The summed E-state index contributed by atoms with van der Waals surface area (Å²) in [4.78, 5) is 22.1. The van der Waals surface area contributed by atoms with Gasteiger partial charge in [-0.15, -0.1) is 11.3 Å². The molecule has 5 rings (SSSR count). The molecule has 0 spiro atoms. The van der Waals surface area contributed by atoms with E-state index in [9.17, 15) is 4.79 Å². The maximum atomic E-state index is 12.9. The highest BCUT2D eigenvalue weighted by atomic mass is 32.1. The van der Waals surface area contributed by atoms with E-state index < -0.39 is 0 Å². The van der Waals surface area contributed by atoms with Crippen LogP contribution in [0.15, 0.2) is 60.0 Å². The number of carbonyl (C=O) groups excluding carboxylic acids is 1. The molecule has 3 aromatic rings. The van der Waals surface area contributed by atoms with Crippen molar-refractivity contribution in [2.75, 3.05) is 39.4 Å². The molecule has 0 saturated carbocycles. The molecule has 33 heavy (non-hydrogen) atoms. The number of aromatic nitrogens is 1. The Balaban J connectivity index is 1.09. The van der Waals surface area contributed by atoms with Gasteiger partial charge in [0.15, 0.2) is 0 Å². The quantitative estimate of drug-likeness (QED) is 0.522. The number of rotatable bonds is 7. The maximum absolute atomic E-state index is 12.9. The molecule has 6 nitrogen and oxygen atoms in total. The number of amides is 1. The van der Waals surface area contributed by atoms with E-state index in [1.807, 2.05) is 47.4 Å². The summed E-state index contributed by atoms with van der Waals surface area (Å²) in [5.74, 6) is 0.866. The summed E-state index contributed by atoms with van der Waals surface area (Å²) in [6.45, 7) is 5.38. The minimum atomic E-state index is 0.0837. The predicted octanol–water partition coefficient (Wildman–Crippen LogP) is 4.33. The fourth-order valence-electron chi connectivity index (χ4n) is 4.27. The Morgan fingerprint density at radius 1 is 1.06 bits per heavy atom. The van der Waals surface area contributed by atoms with Gasteiger partial charge in [0.1, 0.15) is 17.4 Å². The lowest BCUT2D eigenvalue weighted by Gasteiger charge is -2.34. The van der Waals surface area contributed by atoms with Crippen molar-refractivity contribution in [2.24, 2.45) is 0 Å². The van der Waals surface area contributed by atoms with Crippen LogP contribution in [0.3, 0.4) is 0 Å². The lowest BCUT2D eigenvalue weighted by atomic mass is 10.1. The minimum Gasteiger partial charge on any atom is -0.491 e. The summed E-state index contributed by atoms with van der Waals surface area (Å²) in [5.41, 5.74) is 2.96. The zero-order chi connectivity index (χ0) is 22.5. The van der Waals surface area contributed by atoms with E-state index in [0.717, 1.165) is 74.2 Å². The van der Waals surface area contributed by atoms with Gasteiger partial charge in [-0.3, -0.25) is 9.69 Å². The van der Waals surface area contributed by atoms with Crippen LogP contribution in [0.1, 0.15) is 28.9 Å². The van der Waals surface area contributed by atoms with Crippen LogP contribution in [-0.2, 0) is 11.3 Å². The van der Waals surface area contributed by atoms with Crippen LogP contribution >= 0.6 is 11.3 Å². The molecule has 0 bridgehead atoms. The zero-order valence-electron chi connectivity index (χ0n) is 18.7. The summed E-state index contributed by atoms with van der Waals surface area (Å²) in [5, 5.41) is 3.20. The highest BCUT2D eigenvalue weighted by Crippen LogP contribution is 2.24. The Bertz CT molecular complexity index is 1040. The third-order valence-electron chi connectivity index (χ3n) is 6.18. The van der Waals surface area contributed by atoms with Gasteiger partial charge in [-0.1, -0.05) is 30.3 Å². The second kappa shape index (κ2) is 10.5. The maximum Gasteiger partial charge on any atom is 0.253 e. The number of thiazole rings is 1. The third-order valence-corrected chi connectivity index (χ3v) is 7.12. The molecule has 2 aliphatic heterocycles. The molecule has 1 atom stereocenters. The molecule has 1 unspecified atom stereocenters. The Kier molecular flexibility index (Phi) is 7.00. The SMILES string of the molecule is O=C(c1ccc(OCC2CCCO2)cc1)N1CCN(Cc2csc(-c3ccccc3)n2)CC1. The average Bonchev–Trinajstić information content (AvgIpc) is 3.56.